The summed E-state index contributed by atoms with van der Waals surface area (Å²) in [5.41, 5.74) is 0.365. The van der Waals surface area contributed by atoms with E-state index in [1.165, 1.54) is 6.07 Å². The number of carbonyl (C=O) groups excluding carboxylic acids is 1. The van der Waals surface area contributed by atoms with Crippen LogP contribution < -0.4 is 0 Å². The average molecular weight is 316 g/mol. The second kappa shape index (κ2) is 5.80. The lowest BCUT2D eigenvalue weighted by atomic mass is 10.1. The van der Waals surface area contributed by atoms with E-state index >= 15 is 0 Å². The van der Waals surface area contributed by atoms with Gasteiger partial charge in [-0.1, -0.05) is 6.07 Å². The Morgan fingerprint density at radius 2 is 2.11 bits per heavy atom. The predicted molar refractivity (Wildman–Crippen MR) is 70.0 cm³/mol. The molecule has 5 heteroatoms. The van der Waals surface area contributed by atoms with Gasteiger partial charge in [0.15, 0.2) is 0 Å². The highest BCUT2D eigenvalue weighted by Gasteiger charge is 2.25. The molecule has 1 aliphatic rings. The summed E-state index contributed by atoms with van der Waals surface area (Å²) in [7, 11) is 1.76. The lowest BCUT2D eigenvalue weighted by Crippen LogP contribution is -2.40. The number of amides is 1. The Morgan fingerprint density at radius 3 is 2.78 bits per heavy atom. The van der Waals surface area contributed by atoms with Crippen molar-refractivity contribution < 1.29 is 13.9 Å². The van der Waals surface area contributed by atoms with Crippen LogP contribution in [0.25, 0.3) is 0 Å². The lowest BCUT2D eigenvalue weighted by Gasteiger charge is -2.31. The highest BCUT2D eigenvalue weighted by molar-refractivity contribution is 9.10. The van der Waals surface area contributed by atoms with Crippen molar-refractivity contribution in [2.45, 2.75) is 18.9 Å². The van der Waals surface area contributed by atoms with E-state index in [0.29, 0.717) is 18.8 Å². The molecule has 1 fully saturated rings. The summed E-state index contributed by atoms with van der Waals surface area (Å²) in [6, 6.07) is 4.67. The van der Waals surface area contributed by atoms with E-state index in [0.717, 1.165) is 12.8 Å². The molecule has 1 aliphatic heterocycles. The van der Waals surface area contributed by atoms with Crippen molar-refractivity contribution in [2.24, 2.45) is 0 Å². The Bertz CT molecular complexity index is 447. The molecule has 0 unspecified atom stereocenters. The summed E-state index contributed by atoms with van der Waals surface area (Å²) in [6.07, 6.45) is 1.66. The van der Waals surface area contributed by atoms with Gasteiger partial charge in [0.1, 0.15) is 5.82 Å². The zero-order valence-corrected chi connectivity index (χ0v) is 11.7. The summed E-state index contributed by atoms with van der Waals surface area (Å²) >= 11 is 3.13. The largest absolute Gasteiger partial charge is 0.381 e. The molecule has 98 valence electrons. The van der Waals surface area contributed by atoms with Crippen molar-refractivity contribution in [1.29, 1.82) is 0 Å². The molecule has 0 saturated carbocycles. The van der Waals surface area contributed by atoms with E-state index in [2.05, 4.69) is 15.9 Å². The van der Waals surface area contributed by atoms with Crippen molar-refractivity contribution in [3.05, 3.63) is 34.1 Å². The minimum absolute atomic E-state index is 0.159. The molecule has 0 aromatic heterocycles. The molecular weight excluding hydrogens is 301 g/mol. The van der Waals surface area contributed by atoms with Gasteiger partial charge in [0.05, 0.1) is 10.0 Å². The number of rotatable bonds is 2. The van der Waals surface area contributed by atoms with E-state index in [-0.39, 0.29) is 16.4 Å². The fourth-order valence-electron chi connectivity index (χ4n) is 2.10. The van der Waals surface area contributed by atoms with Crippen LogP contribution >= 0.6 is 15.9 Å². The van der Waals surface area contributed by atoms with Crippen LogP contribution in [0.3, 0.4) is 0 Å². The van der Waals surface area contributed by atoms with E-state index in [1.54, 1.807) is 24.1 Å². The fraction of sp³-hybridized carbons (Fsp3) is 0.462. The van der Waals surface area contributed by atoms with Gasteiger partial charge >= 0.3 is 0 Å². The second-order valence-electron chi connectivity index (χ2n) is 4.36. The quantitative estimate of drug-likeness (QED) is 0.840. The van der Waals surface area contributed by atoms with Crippen molar-refractivity contribution in [3.63, 3.8) is 0 Å². The summed E-state index contributed by atoms with van der Waals surface area (Å²) in [4.78, 5) is 14.0. The highest BCUT2D eigenvalue weighted by Crippen LogP contribution is 2.23. The highest BCUT2D eigenvalue weighted by atomic mass is 79.9. The van der Waals surface area contributed by atoms with Gasteiger partial charge in [-0.3, -0.25) is 4.79 Å². The van der Waals surface area contributed by atoms with Gasteiger partial charge in [-0.25, -0.2) is 4.39 Å². The van der Waals surface area contributed by atoms with Gasteiger partial charge in [-0.2, -0.15) is 0 Å². The van der Waals surface area contributed by atoms with Gasteiger partial charge < -0.3 is 9.64 Å². The van der Waals surface area contributed by atoms with Gasteiger partial charge in [-0.05, 0) is 40.9 Å². The number of nitrogens with zero attached hydrogens (tertiary/aromatic N) is 1. The second-order valence-corrected chi connectivity index (χ2v) is 5.15. The van der Waals surface area contributed by atoms with Crippen molar-refractivity contribution in [3.8, 4) is 0 Å². The van der Waals surface area contributed by atoms with E-state index in [9.17, 15) is 9.18 Å². The molecular formula is C13H15BrFNO2. The summed E-state index contributed by atoms with van der Waals surface area (Å²) in [5.74, 6) is -0.575. The van der Waals surface area contributed by atoms with Gasteiger partial charge in [-0.15, -0.1) is 0 Å². The summed E-state index contributed by atoms with van der Waals surface area (Å²) in [6.45, 7) is 1.35. The Labute approximate surface area is 114 Å². The summed E-state index contributed by atoms with van der Waals surface area (Å²) < 4.78 is 18.9. The van der Waals surface area contributed by atoms with Gasteiger partial charge in [0.2, 0.25) is 0 Å². The van der Waals surface area contributed by atoms with Crippen LogP contribution in [0.5, 0.6) is 0 Å². The minimum Gasteiger partial charge on any atom is -0.381 e. The number of carbonyl (C=O) groups is 1. The van der Waals surface area contributed by atoms with Crippen molar-refractivity contribution in [2.75, 3.05) is 20.3 Å². The van der Waals surface area contributed by atoms with Crippen LogP contribution in [0.2, 0.25) is 0 Å². The van der Waals surface area contributed by atoms with Crippen LogP contribution in [0.4, 0.5) is 4.39 Å². The minimum atomic E-state index is -0.416. The molecule has 1 aromatic rings. The molecule has 1 amide bonds. The molecule has 0 N–H and O–H groups in total. The van der Waals surface area contributed by atoms with Crippen LogP contribution in [-0.2, 0) is 4.74 Å². The SMILES string of the molecule is CN(C(=O)c1cccc(F)c1Br)C1CCOCC1. The van der Waals surface area contributed by atoms with Crippen molar-refractivity contribution in [1.82, 2.24) is 4.90 Å². The topological polar surface area (TPSA) is 29.5 Å². The molecule has 0 aliphatic carbocycles. The molecule has 0 bridgehead atoms. The van der Waals surface area contributed by atoms with E-state index in [4.69, 9.17) is 4.74 Å². The number of hydrogen-bond acceptors (Lipinski definition) is 2. The molecule has 0 atom stereocenters. The van der Waals surface area contributed by atoms with E-state index < -0.39 is 5.82 Å². The van der Waals surface area contributed by atoms with E-state index in [1.807, 2.05) is 0 Å². The van der Waals surface area contributed by atoms with Crippen LogP contribution in [0, 0.1) is 5.82 Å². The molecule has 3 nitrogen and oxygen atoms in total. The maximum Gasteiger partial charge on any atom is 0.255 e. The first-order valence-electron chi connectivity index (χ1n) is 5.90. The first-order chi connectivity index (χ1) is 8.61. The third-order valence-electron chi connectivity index (χ3n) is 3.24. The maximum atomic E-state index is 13.4. The summed E-state index contributed by atoms with van der Waals surface area (Å²) in [5, 5.41) is 0. The fourth-order valence-corrected chi connectivity index (χ4v) is 2.53. The number of benzene rings is 1. The van der Waals surface area contributed by atoms with Gasteiger partial charge in [0, 0.05) is 26.3 Å². The number of ether oxygens (including phenoxy) is 1. The predicted octanol–water partition coefficient (Wildman–Crippen LogP) is 2.84. The standard InChI is InChI=1S/C13H15BrFNO2/c1-16(9-5-7-18-8-6-9)13(17)10-3-2-4-11(15)12(10)14/h2-4,9H,5-8H2,1H3. The number of halogens is 2. The third-order valence-corrected chi connectivity index (χ3v) is 4.05. The Hall–Kier alpha value is -0.940. The molecule has 2 rings (SSSR count). The molecule has 1 heterocycles. The lowest BCUT2D eigenvalue weighted by molar-refractivity contribution is 0.0361. The molecule has 18 heavy (non-hydrogen) atoms. The molecule has 0 spiro atoms. The Morgan fingerprint density at radius 1 is 1.44 bits per heavy atom. The first-order valence-corrected chi connectivity index (χ1v) is 6.69. The van der Waals surface area contributed by atoms with Crippen LogP contribution in [0.15, 0.2) is 22.7 Å². The van der Waals surface area contributed by atoms with Crippen LogP contribution in [-0.4, -0.2) is 37.1 Å². The number of hydrogen-bond donors (Lipinski definition) is 0. The smallest absolute Gasteiger partial charge is 0.255 e. The zero-order chi connectivity index (χ0) is 13.1. The molecule has 1 saturated heterocycles. The maximum absolute atomic E-state index is 13.4. The van der Waals surface area contributed by atoms with Crippen molar-refractivity contribution >= 4 is 21.8 Å². The normalized spacial score (nSPS) is 16.6. The van der Waals surface area contributed by atoms with Gasteiger partial charge in [0.25, 0.3) is 5.91 Å². The zero-order valence-electron chi connectivity index (χ0n) is 10.2. The monoisotopic (exact) mass is 315 g/mol. The third kappa shape index (κ3) is 2.72. The van der Waals surface area contributed by atoms with Crippen LogP contribution in [0.1, 0.15) is 23.2 Å². The molecule has 1 aromatic carbocycles. The molecule has 0 radical (unpaired) electrons. The Kier molecular flexibility index (Phi) is 4.35. The first kappa shape index (κ1) is 13.5. The average Bonchev–Trinajstić information content (AvgIpc) is 2.41. The Balaban J connectivity index is 2.17.